The van der Waals surface area contributed by atoms with E-state index in [4.69, 9.17) is 0 Å². The molecule has 2 rings (SSSR count). The zero-order valence-electron chi connectivity index (χ0n) is 13.2. The first-order valence-electron chi connectivity index (χ1n) is 6.98. The van der Waals surface area contributed by atoms with Crippen LogP contribution in [0.2, 0.25) is 0 Å². The molecule has 0 aliphatic rings. The van der Waals surface area contributed by atoms with E-state index in [0.717, 1.165) is 22.7 Å². The average Bonchev–Trinajstić information content (AvgIpc) is 2.85. The smallest absolute Gasteiger partial charge is 0.270 e. The van der Waals surface area contributed by atoms with Gasteiger partial charge in [-0.2, -0.15) is 0 Å². The number of fused-ring (bicyclic) bond motifs is 1. The maximum absolute atomic E-state index is 12.4. The minimum atomic E-state index is -3.24. The summed E-state index contributed by atoms with van der Waals surface area (Å²) in [4.78, 5) is 17.0. The molecule has 2 N–H and O–H groups in total. The van der Waals surface area contributed by atoms with Crippen molar-refractivity contribution in [1.29, 1.82) is 0 Å². The van der Waals surface area contributed by atoms with Gasteiger partial charge in [-0.05, 0) is 37.1 Å². The number of aromatic amines is 1. The topological polar surface area (TPSA) is 82.3 Å². The number of sulfonamides is 1. The summed E-state index contributed by atoms with van der Waals surface area (Å²) >= 11 is 0. The van der Waals surface area contributed by atoms with Gasteiger partial charge in [-0.25, -0.2) is 13.1 Å². The molecule has 0 spiro atoms. The summed E-state index contributed by atoms with van der Waals surface area (Å²) in [6.07, 6.45) is 1.09. The molecule has 7 heteroatoms. The third kappa shape index (κ3) is 3.66. The Morgan fingerprint density at radius 3 is 2.64 bits per heavy atom. The Bertz CT molecular complexity index is 809. The van der Waals surface area contributed by atoms with Crippen molar-refractivity contribution in [3.8, 4) is 0 Å². The lowest BCUT2D eigenvalue weighted by Crippen LogP contribution is -2.35. The fourth-order valence-electron chi connectivity index (χ4n) is 2.28. The van der Waals surface area contributed by atoms with Crippen LogP contribution in [0.5, 0.6) is 0 Å². The van der Waals surface area contributed by atoms with Crippen molar-refractivity contribution in [3.63, 3.8) is 0 Å². The normalized spacial score (nSPS) is 11.8. The molecule has 0 fully saturated rings. The molecule has 0 aliphatic heterocycles. The highest BCUT2D eigenvalue weighted by Gasteiger charge is 2.15. The van der Waals surface area contributed by atoms with Gasteiger partial charge in [-0.15, -0.1) is 0 Å². The fourth-order valence-corrected chi connectivity index (χ4v) is 2.74. The van der Waals surface area contributed by atoms with E-state index in [1.807, 2.05) is 32.0 Å². The molecule has 0 bridgehead atoms. The Kier molecular flexibility index (Phi) is 4.58. The summed E-state index contributed by atoms with van der Waals surface area (Å²) in [6, 6.07) is 5.82. The zero-order chi connectivity index (χ0) is 16.5. The molecule has 120 valence electrons. The van der Waals surface area contributed by atoms with E-state index in [-0.39, 0.29) is 12.5 Å². The first-order chi connectivity index (χ1) is 10.2. The van der Waals surface area contributed by atoms with E-state index in [2.05, 4.69) is 9.71 Å². The number of aryl methyl sites for hydroxylation is 2. The number of benzene rings is 1. The molecular formula is C15H21N3O3S. The van der Waals surface area contributed by atoms with Gasteiger partial charge < -0.3 is 9.88 Å². The Labute approximate surface area is 130 Å². The maximum Gasteiger partial charge on any atom is 0.270 e. The van der Waals surface area contributed by atoms with Crippen LogP contribution in [0.4, 0.5) is 0 Å². The molecule has 0 unspecified atom stereocenters. The van der Waals surface area contributed by atoms with E-state index in [1.54, 1.807) is 7.05 Å². The lowest BCUT2D eigenvalue weighted by atomic mass is 10.1. The van der Waals surface area contributed by atoms with E-state index < -0.39 is 10.0 Å². The van der Waals surface area contributed by atoms with Crippen molar-refractivity contribution >= 4 is 26.8 Å². The SMILES string of the molecule is Cc1ccc2[nH]c(C(=O)N(C)CCNS(C)(=O)=O)cc2c1C. The third-order valence-corrected chi connectivity index (χ3v) is 4.46. The predicted molar refractivity (Wildman–Crippen MR) is 87.6 cm³/mol. The second-order valence-corrected chi connectivity index (χ2v) is 7.38. The Hall–Kier alpha value is -1.86. The van der Waals surface area contributed by atoms with Crippen molar-refractivity contribution in [1.82, 2.24) is 14.6 Å². The molecule has 22 heavy (non-hydrogen) atoms. The maximum atomic E-state index is 12.4. The molecule has 1 heterocycles. The summed E-state index contributed by atoms with van der Waals surface area (Å²) in [6.45, 7) is 4.56. The predicted octanol–water partition coefficient (Wildman–Crippen LogP) is 1.41. The fraction of sp³-hybridized carbons (Fsp3) is 0.400. The third-order valence-electron chi connectivity index (χ3n) is 3.73. The number of amides is 1. The lowest BCUT2D eigenvalue weighted by Gasteiger charge is -2.16. The van der Waals surface area contributed by atoms with Crippen LogP contribution < -0.4 is 4.72 Å². The highest BCUT2D eigenvalue weighted by atomic mass is 32.2. The molecular weight excluding hydrogens is 302 g/mol. The summed E-state index contributed by atoms with van der Waals surface area (Å²) in [5.74, 6) is -0.163. The molecule has 0 saturated carbocycles. The van der Waals surface area contributed by atoms with Gasteiger partial charge in [0.25, 0.3) is 5.91 Å². The number of H-pyrrole nitrogens is 1. The summed E-state index contributed by atoms with van der Waals surface area (Å²) < 4.78 is 24.4. The van der Waals surface area contributed by atoms with Gasteiger partial charge in [0.05, 0.1) is 6.26 Å². The Morgan fingerprint density at radius 2 is 2.00 bits per heavy atom. The zero-order valence-corrected chi connectivity index (χ0v) is 14.0. The molecule has 6 nitrogen and oxygen atoms in total. The van der Waals surface area contributed by atoms with Gasteiger partial charge in [0, 0.05) is 31.0 Å². The summed E-state index contributed by atoms with van der Waals surface area (Å²) in [7, 11) is -1.59. The molecule has 1 amide bonds. The molecule has 0 saturated heterocycles. The van der Waals surface area contributed by atoms with E-state index in [1.165, 1.54) is 10.5 Å². The minimum Gasteiger partial charge on any atom is -0.351 e. The largest absolute Gasteiger partial charge is 0.351 e. The van der Waals surface area contributed by atoms with Crippen molar-refractivity contribution in [2.24, 2.45) is 0 Å². The average molecular weight is 323 g/mol. The number of likely N-dealkylation sites (N-methyl/N-ethyl adjacent to an activating group) is 1. The number of hydrogen-bond donors (Lipinski definition) is 2. The van der Waals surface area contributed by atoms with Crippen molar-refractivity contribution < 1.29 is 13.2 Å². The molecule has 2 aromatic rings. The molecule has 0 atom stereocenters. The number of nitrogens with zero attached hydrogens (tertiary/aromatic N) is 1. The van der Waals surface area contributed by atoms with Crippen LogP contribution in [0.1, 0.15) is 21.6 Å². The quantitative estimate of drug-likeness (QED) is 0.873. The van der Waals surface area contributed by atoms with Gasteiger partial charge in [-0.1, -0.05) is 6.07 Å². The van der Waals surface area contributed by atoms with Crippen LogP contribution in [-0.4, -0.2) is 50.6 Å². The van der Waals surface area contributed by atoms with E-state index >= 15 is 0 Å². The van der Waals surface area contributed by atoms with Crippen molar-refractivity contribution in [2.45, 2.75) is 13.8 Å². The monoisotopic (exact) mass is 323 g/mol. The lowest BCUT2D eigenvalue weighted by molar-refractivity contribution is 0.0793. The second-order valence-electron chi connectivity index (χ2n) is 5.54. The van der Waals surface area contributed by atoms with Gasteiger partial charge in [0.15, 0.2) is 0 Å². The standard InChI is InChI=1S/C15H21N3O3S/c1-10-5-6-13-12(11(10)2)9-14(17-13)15(19)18(3)8-7-16-22(4,20)21/h5-6,9,16-17H,7-8H2,1-4H3. The number of carbonyl (C=O) groups is 1. The summed E-state index contributed by atoms with van der Waals surface area (Å²) in [5, 5.41) is 1.03. The van der Waals surface area contributed by atoms with Gasteiger partial charge in [0.2, 0.25) is 10.0 Å². The van der Waals surface area contributed by atoms with Gasteiger partial charge in [0.1, 0.15) is 5.69 Å². The number of hydrogen-bond acceptors (Lipinski definition) is 3. The van der Waals surface area contributed by atoms with Crippen molar-refractivity contribution in [2.75, 3.05) is 26.4 Å². The van der Waals surface area contributed by atoms with Crippen LogP contribution in [0.25, 0.3) is 10.9 Å². The van der Waals surface area contributed by atoms with E-state index in [9.17, 15) is 13.2 Å². The van der Waals surface area contributed by atoms with Crippen LogP contribution in [0, 0.1) is 13.8 Å². The number of carbonyl (C=O) groups excluding carboxylic acids is 1. The molecule has 0 radical (unpaired) electrons. The Balaban J connectivity index is 2.14. The van der Waals surface area contributed by atoms with E-state index in [0.29, 0.717) is 12.2 Å². The van der Waals surface area contributed by atoms with Crippen molar-refractivity contribution in [3.05, 3.63) is 35.0 Å². The second kappa shape index (κ2) is 6.10. The van der Waals surface area contributed by atoms with Crippen LogP contribution in [-0.2, 0) is 10.0 Å². The van der Waals surface area contributed by atoms with Crippen LogP contribution in [0.3, 0.4) is 0 Å². The highest BCUT2D eigenvalue weighted by Crippen LogP contribution is 2.22. The number of rotatable bonds is 5. The van der Waals surface area contributed by atoms with Gasteiger partial charge in [-0.3, -0.25) is 4.79 Å². The molecule has 1 aromatic carbocycles. The first kappa shape index (κ1) is 16.5. The highest BCUT2D eigenvalue weighted by molar-refractivity contribution is 7.88. The minimum absolute atomic E-state index is 0.163. The first-order valence-corrected chi connectivity index (χ1v) is 8.87. The Morgan fingerprint density at radius 1 is 1.32 bits per heavy atom. The van der Waals surface area contributed by atoms with Crippen LogP contribution in [0.15, 0.2) is 18.2 Å². The number of nitrogens with one attached hydrogen (secondary N) is 2. The molecule has 0 aliphatic carbocycles. The molecule has 1 aromatic heterocycles. The number of aromatic nitrogens is 1. The van der Waals surface area contributed by atoms with Crippen LogP contribution >= 0.6 is 0 Å². The van der Waals surface area contributed by atoms with Gasteiger partial charge >= 0.3 is 0 Å². The summed E-state index contributed by atoms with van der Waals surface area (Å²) in [5.41, 5.74) is 3.75.